The molecular weight excluding hydrogens is 506 g/mol. The van der Waals surface area contributed by atoms with E-state index < -0.39 is 18.0 Å². The second kappa shape index (κ2) is 10.9. The lowest BCUT2D eigenvalue weighted by Gasteiger charge is -2.43. The maximum Gasteiger partial charge on any atom is 0.490 e. The summed E-state index contributed by atoms with van der Waals surface area (Å²) in [6.07, 6.45) is -2.44. The number of hydrogen-bond acceptors (Lipinski definition) is 4. The number of carbonyl (C=O) groups is 3. The van der Waals surface area contributed by atoms with Crippen molar-refractivity contribution in [3.63, 3.8) is 0 Å². The van der Waals surface area contributed by atoms with E-state index in [9.17, 15) is 27.2 Å². The van der Waals surface area contributed by atoms with Crippen LogP contribution in [0.4, 0.5) is 17.6 Å². The van der Waals surface area contributed by atoms with Crippen LogP contribution in [0.15, 0.2) is 18.2 Å². The molecule has 36 heavy (non-hydrogen) atoms. The minimum atomic E-state index is -5.08. The fraction of sp³-hybridized carbons (Fsp3) is 0.625. The number of carbonyl (C=O) groups excluding carboxylic acids is 2. The molecule has 1 aromatic rings. The molecule has 0 bridgehead atoms. The number of amides is 2. The third kappa shape index (κ3) is 6.11. The van der Waals surface area contributed by atoms with Crippen LogP contribution in [0, 0.1) is 23.6 Å². The third-order valence-corrected chi connectivity index (χ3v) is 7.74. The average molecular weight is 536 g/mol. The van der Waals surface area contributed by atoms with Crippen LogP contribution in [0.2, 0.25) is 5.02 Å². The van der Waals surface area contributed by atoms with Crippen molar-refractivity contribution in [1.29, 1.82) is 0 Å². The third-order valence-electron chi connectivity index (χ3n) is 7.43. The Morgan fingerprint density at radius 2 is 1.86 bits per heavy atom. The minimum Gasteiger partial charge on any atom is -0.475 e. The highest BCUT2D eigenvalue weighted by Gasteiger charge is 2.57. The van der Waals surface area contributed by atoms with E-state index in [0.717, 1.165) is 38.9 Å². The summed E-state index contributed by atoms with van der Waals surface area (Å²) in [5.41, 5.74) is 0.102. The first-order valence-corrected chi connectivity index (χ1v) is 12.2. The smallest absolute Gasteiger partial charge is 0.475 e. The van der Waals surface area contributed by atoms with Gasteiger partial charge >= 0.3 is 12.1 Å². The van der Waals surface area contributed by atoms with Gasteiger partial charge in [-0.1, -0.05) is 31.9 Å². The Bertz CT molecular complexity index is 998. The lowest BCUT2D eigenvalue weighted by Crippen LogP contribution is -2.56. The zero-order chi connectivity index (χ0) is 26.8. The molecule has 0 saturated carbocycles. The van der Waals surface area contributed by atoms with Gasteiger partial charge in [-0.05, 0) is 37.0 Å². The first kappa shape index (κ1) is 28.2. The number of carboxylic acids is 1. The predicted molar refractivity (Wildman–Crippen MR) is 124 cm³/mol. The van der Waals surface area contributed by atoms with Crippen LogP contribution in [-0.4, -0.2) is 77.1 Å². The number of benzene rings is 1. The number of alkyl halides is 3. The van der Waals surface area contributed by atoms with Crippen molar-refractivity contribution in [2.75, 3.05) is 32.7 Å². The Kier molecular flexibility index (Phi) is 8.55. The van der Waals surface area contributed by atoms with Gasteiger partial charge in [-0.3, -0.25) is 9.59 Å². The van der Waals surface area contributed by atoms with Gasteiger partial charge in [0.15, 0.2) is 0 Å². The lowest BCUT2D eigenvalue weighted by molar-refractivity contribution is -0.192. The Labute approximate surface area is 211 Å². The highest BCUT2D eigenvalue weighted by molar-refractivity contribution is 6.30. The number of piperidine rings is 1. The second-order valence-electron chi connectivity index (χ2n) is 9.81. The molecule has 3 saturated heterocycles. The molecule has 12 heteroatoms. The van der Waals surface area contributed by atoms with E-state index in [1.54, 1.807) is 11.0 Å². The number of halogens is 5. The number of nitrogens with one attached hydrogen (secondary N) is 1. The highest BCUT2D eigenvalue weighted by atomic mass is 35.5. The van der Waals surface area contributed by atoms with Gasteiger partial charge in [0.1, 0.15) is 5.82 Å². The monoisotopic (exact) mass is 535 g/mol. The molecule has 2 amide bonds. The van der Waals surface area contributed by atoms with Gasteiger partial charge in [0.2, 0.25) is 5.91 Å². The van der Waals surface area contributed by atoms with E-state index in [1.165, 1.54) is 12.1 Å². The summed E-state index contributed by atoms with van der Waals surface area (Å²) in [5, 5.41) is 10.4. The van der Waals surface area contributed by atoms with Crippen LogP contribution in [0.1, 0.15) is 43.5 Å². The number of fused-ring (bicyclic) bond motifs is 2. The Hall–Kier alpha value is -2.40. The first-order valence-electron chi connectivity index (χ1n) is 11.9. The lowest BCUT2D eigenvalue weighted by atomic mass is 9.75. The number of rotatable bonds is 4. The van der Waals surface area contributed by atoms with Gasteiger partial charge in [-0.2, -0.15) is 13.2 Å². The normalized spacial score (nSPS) is 24.1. The standard InChI is InChI=1S/C22H29ClFN3O2.C2HF3O2/c1-3-14(2)11-26-12-16-17(13-26)22(25-20(16)28)6-8-27(9-7-22)21(29)15-4-5-18(23)19(24)10-15;3-2(4,5)1(6)7/h4-5,10,14,16-17H,3,6-9,11-13H2,1-2H3,(H,25,28);(H,6,7)/t14?,16-,17+;/m1./s1. The fourth-order valence-electron chi connectivity index (χ4n) is 5.28. The van der Waals surface area contributed by atoms with E-state index >= 15 is 0 Å². The van der Waals surface area contributed by atoms with Crippen molar-refractivity contribution in [1.82, 2.24) is 15.1 Å². The maximum atomic E-state index is 13.7. The first-order chi connectivity index (χ1) is 16.8. The number of nitrogens with zero attached hydrogens (tertiary/aromatic N) is 2. The van der Waals surface area contributed by atoms with Crippen molar-refractivity contribution in [2.24, 2.45) is 17.8 Å². The summed E-state index contributed by atoms with van der Waals surface area (Å²) < 4.78 is 45.5. The van der Waals surface area contributed by atoms with E-state index in [1.807, 2.05) is 0 Å². The summed E-state index contributed by atoms with van der Waals surface area (Å²) in [4.78, 5) is 38.6. The molecule has 3 fully saturated rings. The topological polar surface area (TPSA) is 90.0 Å². The van der Waals surface area contributed by atoms with Crippen molar-refractivity contribution >= 4 is 29.4 Å². The summed E-state index contributed by atoms with van der Waals surface area (Å²) >= 11 is 5.73. The van der Waals surface area contributed by atoms with Crippen LogP contribution >= 0.6 is 11.6 Å². The van der Waals surface area contributed by atoms with E-state index in [-0.39, 0.29) is 28.3 Å². The van der Waals surface area contributed by atoms with E-state index in [0.29, 0.717) is 30.5 Å². The fourth-order valence-corrected chi connectivity index (χ4v) is 5.39. The van der Waals surface area contributed by atoms with E-state index in [4.69, 9.17) is 21.5 Å². The van der Waals surface area contributed by atoms with Gasteiger partial charge < -0.3 is 20.2 Å². The molecule has 1 aromatic carbocycles. The van der Waals surface area contributed by atoms with Crippen LogP contribution < -0.4 is 5.32 Å². The van der Waals surface area contributed by atoms with Gasteiger partial charge in [0, 0.05) is 49.7 Å². The van der Waals surface area contributed by atoms with Crippen molar-refractivity contribution < 1.29 is 37.1 Å². The SMILES string of the molecule is CCC(C)CN1C[C@H]2C(=O)NC3(CCN(C(=O)c4ccc(Cl)c(F)c4)CC3)[C@H]2C1.O=C(O)C(F)(F)F. The average Bonchev–Trinajstić information content (AvgIpc) is 3.34. The molecule has 1 unspecified atom stereocenters. The van der Waals surface area contributed by atoms with E-state index in [2.05, 4.69) is 24.1 Å². The number of likely N-dealkylation sites (tertiary alicyclic amines) is 2. The van der Waals surface area contributed by atoms with Gasteiger partial charge in [-0.25, -0.2) is 9.18 Å². The van der Waals surface area contributed by atoms with Crippen LogP contribution in [0.25, 0.3) is 0 Å². The Balaban J connectivity index is 0.000000454. The summed E-state index contributed by atoms with van der Waals surface area (Å²) in [7, 11) is 0. The highest BCUT2D eigenvalue weighted by Crippen LogP contribution is 2.44. The molecule has 0 radical (unpaired) electrons. The maximum absolute atomic E-state index is 13.7. The molecule has 7 nitrogen and oxygen atoms in total. The van der Waals surface area contributed by atoms with Crippen molar-refractivity contribution in [2.45, 2.75) is 44.8 Å². The number of hydrogen-bond donors (Lipinski definition) is 2. The van der Waals surface area contributed by atoms with Crippen LogP contribution in [-0.2, 0) is 9.59 Å². The molecule has 3 atom stereocenters. The predicted octanol–water partition coefficient (Wildman–Crippen LogP) is 3.81. The molecule has 0 aliphatic carbocycles. The molecule has 2 N–H and O–H groups in total. The zero-order valence-corrected chi connectivity index (χ0v) is 20.8. The molecule has 1 spiro atoms. The Morgan fingerprint density at radius 3 is 2.39 bits per heavy atom. The second-order valence-corrected chi connectivity index (χ2v) is 10.2. The molecule has 3 heterocycles. The van der Waals surface area contributed by atoms with Crippen molar-refractivity contribution in [3.05, 3.63) is 34.6 Å². The van der Waals surface area contributed by atoms with Gasteiger partial charge in [0.05, 0.1) is 10.9 Å². The number of carboxylic acid groups (broad SMARTS) is 1. The quantitative estimate of drug-likeness (QED) is 0.572. The molecule has 4 rings (SSSR count). The molecule has 200 valence electrons. The largest absolute Gasteiger partial charge is 0.490 e. The van der Waals surface area contributed by atoms with Gasteiger partial charge in [0.25, 0.3) is 5.91 Å². The molecule has 3 aliphatic rings. The van der Waals surface area contributed by atoms with Gasteiger partial charge in [-0.15, -0.1) is 0 Å². The minimum absolute atomic E-state index is 0.0158. The molecule has 3 aliphatic heterocycles. The summed E-state index contributed by atoms with van der Waals surface area (Å²) in [6, 6.07) is 4.18. The number of aliphatic carboxylic acids is 1. The molecular formula is C24H30ClF4N3O4. The summed E-state index contributed by atoms with van der Waals surface area (Å²) in [5.74, 6) is -2.35. The zero-order valence-electron chi connectivity index (χ0n) is 20.1. The van der Waals surface area contributed by atoms with Crippen LogP contribution in [0.5, 0.6) is 0 Å². The molecule has 0 aromatic heterocycles. The Morgan fingerprint density at radius 1 is 1.25 bits per heavy atom. The van der Waals surface area contributed by atoms with Crippen LogP contribution in [0.3, 0.4) is 0 Å². The summed E-state index contributed by atoms with van der Waals surface area (Å²) in [6.45, 7) is 8.43. The van der Waals surface area contributed by atoms with Crippen molar-refractivity contribution in [3.8, 4) is 0 Å².